The van der Waals surface area contributed by atoms with Crippen molar-refractivity contribution < 1.29 is 9.18 Å². The maximum absolute atomic E-state index is 13.4. The first-order chi connectivity index (χ1) is 8.99. The number of benzene rings is 2. The fourth-order valence-corrected chi connectivity index (χ4v) is 2.13. The maximum Gasteiger partial charge on any atom is 0.255 e. The molecule has 0 bridgehead atoms. The number of anilines is 1. The molecule has 19 heavy (non-hydrogen) atoms. The first-order valence-electron chi connectivity index (χ1n) is 5.81. The van der Waals surface area contributed by atoms with Crippen LogP contribution in [0.1, 0.15) is 21.5 Å². The van der Waals surface area contributed by atoms with E-state index in [1.807, 2.05) is 19.1 Å². The van der Waals surface area contributed by atoms with E-state index < -0.39 is 0 Å². The summed E-state index contributed by atoms with van der Waals surface area (Å²) in [5.74, 6) is -0.573. The van der Waals surface area contributed by atoms with Gasteiger partial charge in [0, 0.05) is 21.3 Å². The second-order valence-electron chi connectivity index (χ2n) is 4.33. The van der Waals surface area contributed by atoms with Crippen LogP contribution in [-0.4, -0.2) is 5.91 Å². The molecule has 2 nitrogen and oxygen atoms in total. The lowest BCUT2D eigenvalue weighted by Crippen LogP contribution is -2.14. The summed E-state index contributed by atoms with van der Waals surface area (Å²) in [7, 11) is 0. The molecule has 0 unspecified atom stereocenters. The van der Waals surface area contributed by atoms with Gasteiger partial charge in [-0.25, -0.2) is 4.39 Å². The molecule has 2 aromatic rings. The number of aryl methyl sites for hydroxylation is 1. The van der Waals surface area contributed by atoms with E-state index in [0.717, 1.165) is 10.0 Å². The molecule has 2 rings (SSSR count). The van der Waals surface area contributed by atoms with Crippen molar-refractivity contribution in [2.75, 3.05) is 5.32 Å². The summed E-state index contributed by atoms with van der Waals surface area (Å²) in [6, 6.07) is 10.1. The molecule has 0 aliphatic heterocycles. The van der Waals surface area contributed by atoms with Crippen molar-refractivity contribution in [3.8, 4) is 0 Å². The first-order valence-corrected chi connectivity index (χ1v) is 6.61. The fourth-order valence-electron chi connectivity index (χ4n) is 1.77. The van der Waals surface area contributed by atoms with Gasteiger partial charge in [0.2, 0.25) is 0 Å². The van der Waals surface area contributed by atoms with E-state index in [0.29, 0.717) is 16.8 Å². The molecule has 0 fully saturated rings. The number of hydrogen-bond donors (Lipinski definition) is 1. The summed E-state index contributed by atoms with van der Waals surface area (Å²) in [5, 5.41) is 2.74. The van der Waals surface area contributed by atoms with Crippen LogP contribution < -0.4 is 5.32 Å². The lowest BCUT2D eigenvalue weighted by atomic mass is 10.1. The molecule has 0 aromatic heterocycles. The molecule has 0 aliphatic carbocycles. The van der Waals surface area contributed by atoms with Crippen LogP contribution in [0.15, 0.2) is 40.9 Å². The van der Waals surface area contributed by atoms with Gasteiger partial charge in [-0.3, -0.25) is 4.79 Å². The lowest BCUT2D eigenvalue weighted by Gasteiger charge is -2.10. The maximum atomic E-state index is 13.4. The third-order valence-corrected chi connectivity index (χ3v) is 3.45. The summed E-state index contributed by atoms with van der Waals surface area (Å²) in [5.41, 5.74) is 2.36. The molecule has 98 valence electrons. The highest BCUT2D eigenvalue weighted by molar-refractivity contribution is 9.10. The summed E-state index contributed by atoms with van der Waals surface area (Å²) in [6.07, 6.45) is 0. The molecule has 0 saturated carbocycles. The van der Waals surface area contributed by atoms with Crippen molar-refractivity contribution in [1.82, 2.24) is 0 Å². The average molecular weight is 322 g/mol. The van der Waals surface area contributed by atoms with Gasteiger partial charge in [0.15, 0.2) is 0 Å². The molecule has 2 aromatic carbocycles. The van der Waals surface area contributed by atoms with Gasteiger partial charge in [0.25, 0.3) is 5.91 Å². The van der Waals surface area contributed by atoms with Crippen molar-refractivity contribution in [2.24, 2.45) is 0 Å². The zero-order valence-corrected chi connectivity index (χ0v) is 12.2. The van der Waals surface area contributed by atoms with E-state index in [-0.39, 0.29) is 11.7 Å². The minimum atomic E-state index is -0.330. The highest BCUT2D eigenvalue weighted by Crippen LogP contribution is 2.21. The van der Waals surface area contributed by atoms with Crippen molar-refractivity contribution in [3.63, 3.8) is 0 Å². The SMILES string of the molecule is Cc1ccc(Br)cc1C(=O)Nc1cccc(F)c1C. The Morgan fingerprint density at radius 2 is 1.95 bits per heavy atom. The van der Waals surface area contributed by atoms with Gasteiger partial charge in [-0.05, 0) is 43.7 Å². The van der Waals surface area contributed by atoms with Gasteiger partial charge in [-0.1, -0.05) is 28.1 Å². The summed E-state index contributed by atoms with van der Waals surface area (Å²) < 4.78 is 14.2. The largest absolute Gasteiger partial charge is 0.322 e. The predicted octanol–water partition coefficient (Wildman–Crippen LogP) is 4.46. The quantitative estimate of drug-likeness (QED) is 0.869. The van der Waals surface area contributed by atoms with E-state index in [4.69, 9.17) is 0 Å². The summed E-state index contributed by atoms with van der Waals surface area (Å²) in [6.45, 7) is 3.50. The number of halogens is 2. The normalized spacial score (nSPS) is 10.3. The number of nitrogens with one attached hydrogen (secondary N) is 1. The second kappa shape index (κ2) is 5.53. The molecular weight excluding hydrogens is 309 g/mol. The Bertz CT molecular complexity index is 640. The monoisotopic (exact) mass is 321 g/mol. The van der Waals surface area contributed by atoms with Crippen molar-refractivity contribution in [2.45, 2.75) is 13.8 Å². The standard InChI is InChI=1S/C15H13BrFNO/c1-9-6-7-11(16)8-12(9)15(19)18-14-5-3-4-13(17)10(14)2/h3-8H,1-2H3,(H,18,19). The van der Waals surface area contributed by atoms with E-state index in [9.17, 15) is 9.18 Å². The zero-order valence-electron chi connectivity index (χ0n) is 10.6. The van der Waals surface area contributed by atoms with Crippen LogP contribution in [0.5, 0.6) is 0 Å². The Hall–Kier alpha value is -1.68. The Morgan fingerprint density at radius 3 is 2.68 bits per heavy atom. The molecule has 0 atom stereocenters. The molecular formula is C15H13BrFNO. The van der Waals surface area contributed by atoms with Gasteiger partial charge >= 0.3 is 0 Å². The Labute approximate surface area is 119 Å². The minimum Gasteiger partial charge on any atom is -0.322 e. The molecule has 0 spiro atoms. The van der Waals surface area contributed by atoms with Gasteiger partial charge in [0.1, 0.15) is 5.82 Å². The molecule has 1 N–H and O–H groups in total. The topological polar surface area (TPSA) is 29.1 Å². The van der Waals surface area contributed by atoms with E-state index in [2.05, 4.69) is 21.2 Å². The number of carbonyl (C=O) groups excluding carboxylic acids is 1. The van der Waals surface area contributed by atoms with Gasteiger partial charge < -0.3 is 5.32 Å². The Balaban J connectivity index is 2.31. The molecule has 0 aliphatic rings. The molecule has 0 saturated heterocycles. The second-order valence-corrected chi connectivity index (χ2v) is 5.24. The van der Waals surface area contributed by atoms with Crippen LogP contribution in [0.25, 0.3) is 0 Å². The van der Waals surface area contributed by atoms with Crippen molar-refractivity contribution >= 4 is 27.5 Å². The van der Waals surface area contributed by atoms with E-state index >= 15 is 0 Å². The first kappa shape index (κ1) is 13.7. The Kier molecular flexibility index (Phi) is 4.00. The van der Waals surface area contributed by atoms with E-state index in [1.54, 1.807) is 25.1 Å². The zero-order chi connectivity index (χ0) is 14.0. The number of carbonyl (C=O) groups is 1. The summed E-state index contributed by atoms with van der Waals surface area (Å²) >= 11 is 3.34. The molecule has 0 radical (unpaired) electrons. The van der Waals surface area contributed by atoms with Crippen LogP contribution in [0, 0.1) is 19.7 Å². The minimum absolute atomic E-state index is 0.243. The fraction of sp³-hybridized carbons (Fsp3) is 0.133. The average Bonchev–Trinajstić information content (AvgIpc) is 2.38. The molecule has 0 heterocycles. The smallest absolute Gasteiger partial charge is 0.255 e. The predicted molar refractivity (Wildman–Crippen MR) is 78.0 cm³/mol. The van der Waals surface area contributed by atoms with Crippen LogP contribution in [-0.2, 0) is 0 Å². The van der Waals surface area contributed by atoms with Gasteiger partial charge in [-0.2, -0.15) is 0 Å². The van der Waals surface area contributed by atoms with Crippen molar-refractivity contribution in [3.05, 3.63) is 63.4 Å². The van der Waals surface area contributed by atoms with Crippen LogP contribution in [0.3, 0.4) is 0 Å². The van der Waals surface area contributed by atoms with Crippen LogP contribution in [0.4, 0.5) is 10.1 Å². The van der Waals surface area contributed by atoms with Crippen LogP contribution in [0.2, 0.25) is 0 Å². The van der Waals surface area contributed by atoms with Crippen LogP contribution >= 0.6 is 15.9 Å². The third kappa shape index (κ3) is 3.01. The highest BCUT2D eigenvalue weighted by atomic mass is 79.9. The third-order valence-electron chi connectivity index (χ3n) is 2.96. The van der Waals surface area contributed by atoms with Gasteiger partial charge in [0.05, 0.1) is 0 Å². The highest BCUT2D eigenvalue weighted by Gasteiger charge is 2.12. The molecule has 4 heteroatoms. The number of amides is 1. The number of rotatable bonds is 2. The van der Waals surface area contributed by atoms with E-state index in [1.165, 1.54) is 6.07 Å². The Morgan fingerprint density at radius 1 is 1.21 bits per heavy atom. The lowest BCUT2D eigenvalue weighted by molar-refractivity contribution is 0.102. The van der Waals surface area contributed by atoms with Gasteiger partial charge in [-0.15, -0.1) is 0 Å². The van der Waals surface area contributed by atoms with Crippen molar-refractivity contribution in [1.29, 1.82) is 0 Å². The molecule has 1 amide bonds. The summed E-state index contributed by atoms with van der Waals surface area (Å²) in [4.78, 5) is 12.2. The number of hydrogen-bond acceptors (Lipinski definition) is 1.